The molecule has 0 aromatic rings. The van der Waals surface area contributed by atoms with Gasteiger partial charge in [0.15, 0.2) is 0 Å². The third-order valence-electron chi connectivity index (χ3n) is 1.78. The van der Waals surface area contributed by atoms with Crippen molar-refractivity contribution in [2.75, 3.05) is 0 Å². The minimum atomic E-state index is -0.265. The summed E-state index contributed by atoms with van der Waals surface area (Å²) in [5.41, 5.74) is 4.57. The van der Waals surface area contributed by atoms with Crippen LogP contribution >= 0.6 is 0 Å². The maximum atomic E-state index is 11.2. The van der Waals surface area contributed by atoms with Crippen LogP contribution in [0, 0.1) is 11.8 Å². The number of hydrogen-bond donors (Lipinski definition) is 2. The van der Waals surface area contributed by atoms with E-state index < -0.39 is 0 Å². The minimum absolute atomic E-state index is 0.0863. The SMILES string of the molecule is CC(=O)NNC(=O)C(C)C(C)C. The molecule has 0 radical (unpaired) electrons. The van der Waals surface area contributed by atoms with Crippen molar-refractivity contribution in [3.8, 4) is 0 Å². The Labute approximate surface area is 72.7 Å². The first-order chi connectivity index (χ1) is 5.45. The van der Waals surface area contributed by atoms with Crippen LogP contribution in [0.2, 0.25) is 0 Å². The van der Waals surface area contributed by atoms with Gasteiger partial charge in [0.2, 0.25) is 11.8 Å². The second-order valence-corrected chi connectivity index (χ2v) is 3.20. The topological polar surface area (TPSA) is 58.2 Å². The van der Waals surface area contributed by atoms with Crippen molar-refractivity contribution in [3.63, 3.8) is 0 Å². The molecule has 2 N–H and O–H groups in total. The number of carbonyl (C=O) groups excluding carboxylic acids is 2. The van der Waals surface area contributed by atoms with Gasteiger partial charge in [-0.2, -0.15) is 0 Å². The summed E-state index contributed by atoms with van der Waals surface area (Å²) in [7, 11) is 0. The maximum absolute atomic E-state index is 11.2. The molecule has 0 aliphatic carbocycles. The molecule has 0 aromatic heterocycles. The van der Waals surface area contributed by atoms with Gasteiger partial charge in [0.25, 0.3) is 0 Å². The number of hydrazine groups is 1. The summed E-state index contributed by atoms with van der Waals surface area (Å²) in [6.45, 7) is 7.08. The van der Waals surface area contributed by atoms with Gasteiger partial charge in [0, 0.05) is 12.8 Å². The lowest BCUT2D eigenvalue weighted by Gasteiger charge is -2.14. The average Bonchev–Trinajstić information content (AvgIpc) is 1.98. The molecule has 0 fully saturated rings. The smallest absolute Gasteiger partial charge is 0.241 e. The van der Waals surface area contributed by atoms with Crippen molar-refractivity contribution in [3.05, 3.63) is 0 Å². The van der Waals surface area contributed by atoms with Gasteiger partial charge in [-0.1, -0.05) is 20.8 Å². The molecule has 0 saturated heterocycles. The van der Waals surface area contributed by atoms with E-state index in [-0.39, 0.29) is 23.7 Å². The van der Waals surface area contributed by atoms with Crippen LogP contribution in [-0.4, -0.2) is 11.8 Å². The molecule has 1 unspecified atom stereocenters. The van der Waals surface area contributed by atoms with E-state index in [0.717, 1.165) is 0 Å². The molecule has 4 nitrogen and oxygen atoms in total. The molecule has 4 heteroatoms. The van der Waals surface area contributed by atoms with Crippen LogP contribution in [0.3, 0.4) is 0 Å². The summed E-state index contributed by atoms with van der Waals surface area (Å²) in [6.07, 6.45) is 0. The molecule has 2 amide bonds. The average molecular weight is 172 g/mol. The Bertz CT molecular complexity index is 178. The third-order valence-corrected chi connectivity index (χ3v) is 1.78. The highest BCUT2D eigenvalue weighted by Gasteiger charge is 2.15. The van der Waals surface area contributed by atoms with Crippen LogP contribution in [0.4, 0.5) is 0 Å². The lowest BCUT2D eigenvalue weighted by molar-refractivity contribution is -0.131. The number of nitrogens with one attached hydrogen (secondary N) is 2. The molecule has 0 aliphatic rings. The molecule has 0 aliphatic heterocycles. The second kappa shape index (κ2) is 4.74. The highest BCUT2D eigenvalue weighted by atomic mass is 16.2. The molecule has 12 heavy (non-hydrogen) atoms. The molecular formula is C8H16N2O2. The molecule has 0 rings (SSSR count). The van der Waals surface area contributed by atoms with Crippen molar-refractivity contribution in [2.24, 2.45) is 11.8 Å². The molecule has 0 spiro atoms. The summed E-state index contributed by atoms with van der Waals surface area (Å²) in [4.78, 5) is 21.6. The summed E-state index contributed by atoms with van der Waals surface area (Å²) >= 11 is 0. The first-order valence-corrected chi connectivity index (χ1v) is 4.01. The van der Waals surface area contributed by atoms with Gasteiger partial charge in [0.1, 0.15) is 0 Å². The number of rotatable bonds is 2. The van der Waals surface area contributed by atoms with E-state index >= 15 is 0 Å². The first-order valence-electron chi connectivity index (χ1n) is 4.01. The Morgan fingerprint density at radius 2 is 1.58 bits per heavy atom. The van der Waals surface area contributed by atoms with E-state index in [2.05, 4.69) is 10.9 Å². The fourth-order valence-corrected chi connectivity index (χ4v) is 0.566. The van der Waals surface area contributed by atoms with Gasteiger partial charge >= 0.3 is 0 Å². The summed E-state index contributed by atoms with van der Waals surface area (Å²) in [5, 5.41) is 0. The molecule has 70 valence electrons. The highest BCUT2D eigenvalue weighted by Crippen LogP contribution is 2.08. The van der Waals surface area contributed by atoms with E-state index in [1.54, 1.807) is 0 Å². The van der Waals surface area contributed by atoms with E-state index in [4.69, 9.17) is 0 Å². The van der Waals surface area contributed by atoms with Gasteiger partial charge in [-0.25, -0.2) is 0 Å². The Hall–Kier alpha value is -1.06. The van der Waals surface area contributed by atoms with Gasteiger partial charge in [0.05, 0.1) is 0 Å². The van der Waals surface area contributed by atoms with Crippen LogP contribution in [0.1, 0.15) is 27.7 Å². The molecule has 1 atom stereocenters. The van der Waals surface area contributed by atoms with E-state index in [0.29, 0.717) is 0 Å². The predicted molar refractivity (Wildman–Crippen MR) is 46.0 cm³/mol. The molecule has 0 bridgehead atoms. The zero-order chi connectivity index (χ0) is 9.72. The van der Waals surface area contributed by atoms with Crippen molar-refractivity contribution in [1.82, 2.24) is 10.9 Å². The van der Waals surface area contributed by atoms with Crippen LogP contribution in [-0.2, 0) is 9.59 Å². The van der Waals surface area contributed by atoms with Gasteiger partial charge < -0.3 is 0 Å². The summed E-state index contributed by atoms with van der Waals surface area (Å²) in [6, 6.07) is 0. The second-order valence-electron chi connectivity index (χ2n) is 3.20. The van der Waals surface area contributed by atoms with Crippen molar-refractivity contribution < 1.29 is 9.59 Å². The fraction of sp³-hybridized carbons (Fsp3) is 0.750. The van der Waals surface area contributed by atoms with Crippen molar-refractivity contribution in [1.29, 1.82) is 0 Å². The highest BCUT2D eigenvalue weighted by molar-refractivity contribution is 5.82. The van der Waals surface area contributed by atoms with E-state index in [1.807, 2.05) is 20.8 Å². The standard InChI is InChI=1S/C8H16N2O2/c1-5(2)6(3)8(12)10-9-7(4)11/h5-6H,1-4H3,(H,9,11)(H,10,12). The van der Waals surface area contributed by atoms with Crippen molar-refractivity contribution in [2.45, 2.75) is 27.7 Å². The Morgan fingerprint density at radius 1 is 1.08 bits per heavy atom. The summed E-state index contributed by atoms with van der Waals surface area (Å²) in [5.74, 6) is -0.227. The van der Waals surface area contributed by atoms with E-state index in [1.165, 1.54) is 6.92 Å². The largest absolute Gasteiger partial charge is 0.274 e. The predicted octanol–water partition coefficient (Wildman–Crippen LogP) is 0.446. The molecule has 0 aromatic carbocycles. The zero-order valence-electron chi connectivity index (χ0n) is 7.97. The first kappa shape index (κ1) is 10.9. The minimum Gasteiger partial charge on any atom is -0.274 e. The van der Waals surface area contributed by atoms with Crippen LogP contribution in [0.15, 0.2) is 0 Å². The normalized spacial score (nSPS) is 12.4. The number of amides is 2. The van der Waals surface area contributed by atoms with Crippen molar-refractivity contribution >= 4 is 11.8 Å². The van der Waals surface area contributed by atoms with Gasteiger partial charge in [-0.15, -0.1) is 0 Å². The number of hydrogen-bond acceptors (Lipinski definition) is 2. The number of carbonyl (C=O) groups is 2. The summed E-state index contributed by atoms with van der Waals surface area (Å²) < 4.78 is 0. The quantitative estimate of drug-likeness (QED) is 0.594. The lowest BCUT2D eigenvalue weighted by Crippen LogP contribution is -2.43. The monoisotopic (exact) mass is 172 g/mol. The van der Waals surface area contributed by atoms with Gasteiger partial charge in [-0.3, -0.25) is 20.4 Å². The van der Waals surface area contributed by atoms with Crippen LogP contribution < -0.4 is 10.9 Å². The van der Waals surface area contributed by atoms with Crippen LogP contribution in [0.5, 0.6) is 0 Å². The zero-order valence-corrected chi connectivity index (χ0v) is 7.97. The lowest BCUT2D eigenvalue weighted by atomic mass is 9.98. The maximum Gasteiger partial charge on any atom is 0.241 e. The Kier molecular flexibility index (Phi) is 4.33. The Morgan fingerprint density at radius 3 is 1.92 bits per heavy atom. The van der Waals surface area contributed by atoms with Gasteiger partial charge in [-0.05, 0) is 5.92 Å². The molecule has 0 heterocycles. The fourth-order valence-electron chi connectivity index (χ4n) is 0.566. The molecule has 0 saturated carbocycles. The third kappa shape index (κ3) is 3.95. The van der Waals surface area contributed by atoms with Crippen LogP contribution in [0.25, 0.3) is 0 Å². The Balaban J connectivity index is 3.80. The van der Waals surface area contributed by atoms with E-state index in [9.17, 15) is 9.59 Å². The molecular weight excluding hydrogens is 156 g/mol.